The van der Waals surface area contributed by atoms with Crippen molar-refractivity contribution in [1.82, 2.24) is 0 Å². The maximum absolute atomic E-state index is 13.5. The molecular weight excluding hydrogens is 474 g/mol. The number of alkyl halides is 1. The van der Waals surface area contributed by atoms with Gasteiger partial charge in [0.2, 0.25) is 0 Å². The Morgan fingerprint density at radius 1 is 0.906 bits per heavy atom. The van der Waals surface area contributed by atoms with Crippen molar-refractivity contribution in [1.29, 1.82) is 0 Å². The molecule has 0 unspecified atom stereocenters. The third-order valence-corrected chi connectivity index (χ3v) is 5.27. The Morgan fingerprint density at radius 3 is 1.94 bits per heavy atom. The third-order valence-electron chi connectivity index (χ3n) is 4.67. The average Bonchev–Trinajstić information content (AvgIpc) is 2.71. The van der Waals surface area contributed by atoms with Crippen molar-refractivity contribution < 1.29 is 23.9 Å². The molecule has 2 aromatic carbocycles. The first kappa shape index (κ1) is 25.6. The van der Waals surface area contributed by atoms with E-state index < -0.39 is 23.6 Å². The molecule has 0 saturated heterocycles. The molecule has 0 bridgehead atoms. The largest absolute Gasteiger partial charge is 0.465 e. The first-order valence-electron chi connectivity index (χ1n) is 10.2. The lowest BCUT2D eigenvalue weighted by Crippen LogP contribution is -2.41. The van der Waals surface area contributed by atoms with E-state index in [1.807, 2.05) is 12.1 Å². The Morgan fingerprint density at radius 2 is 1.47 bits per heavy atom. The number of anilines is 1. The number of hydrogen-bond donors (Lipinski definition) is 0. The van der Waals surface area contributed by atoms with Crippen LogP contribution in [-0.2, 0) is 20.2 Å². The van der Waals surface area contributed by atoms with E-state index in [9.17, 15) is 14.4 Å². The van der Waals surface area contributed by atoms with E-state index in [0.29, 0.717) is 16.5 Å². The minimum absolute atomic E-state index is 0.0790. The zero-order chi connectivity index (χ0) is 24.3. The maximum atomic E-state index is 13.5. The van der Waals surface area contributed by atoms with Gasteiger partial charge in [-0.3, -0.25) is 4.79 Å². The predicted molar refractivity (Wildman–Crippen MR) is 129 cm³/mol. The fraction of sp³-hybridized carbons (Fsp3) is 0.400. The van der Waals surface area contributed by atoms with Crippen molar-refractivity contribution in [2.24, 2.45) is 0 Å². The standard InChI is InChI=1S/C25H30BrNO5/c1-24(2,3)19-12-10-16(11-13-19)21(28)27(23(30)32-25(4,5)6)20-14-17(22(29)31-7)8-9-18(20)15-26/h8-14H,15H2,1-7H3. The Kier molecular flexibility index (Phi) is 7.88. The Balaban J connectivity index is 2.62. The van der Waals surface area contributed by atoms with Gasteiger partial charge in [-0.15, -0.1) is 0 Å². The van der Waals surface area contributed by atoms with Gasteiger partial charge in [0.15, 0.2) is 0 Å². The third kappa shape index (κ3) is 6.19. The van der Waals surface area contributed by atoms with E-state index in [4.69, 9.17) is 9.47 Å². The van der Waals surface area contributed by atoms with Crippen LogP contribution in [0.1, 0.15) is 73.4 Å². The molecule has 172 valence electrons. The first-order valence-corrected chi connectivity index (χ1v) is 11.4. The predicted octanol–water partition coefficient (Wildman–Crippen LogP) is 6.25. The summed E-state index contributed by atoms with van der Waals surface area (Å²) >= 11 is 3.40. The number of esters is 1. The summed E-state index contributed by atoms with van der Waals surface area (Å²) in [5, 5.41) is 0.360. The normalized spacial score (nSPS) is 11.6. The van der Waals surface area contributed by atoms with Gasteiger partial charge in [-0.05, 0) is 61.6 Å². The molecule has 2 rings (SSSR count). The monoisotopic (exact) mass is 503 g/mol. The number of amides is 2. The topological polar surface area (TPSA) is 72.9 Å². The molecule has 32 heavy (non-hydrogen) atoms. The highest BCUT2D eigenvalue weighted by Gasteiger charge is 2.32. The highest BCUT2D eigenvalue weighted by atomic mass is 79.9. The Bertz CT molecular complexity index is 1000. The maximum Gasteiger partial charge on any atom is 0.422 e. The van der Waals surface area contributed by atoms with Crippen LogP contribution in [0.5, 0.6) is 0 Å². The number of hydrogen-bond acceptors (Lipinski definition) is 5. The van der Waals surface area contributed by atoms with Crippen molar-refractivity contribution in [3.05, 3.63) is 64.7 Å². The van der Waals surface area contributed by atoms with Crippen LogP contribution >= 0.6 is 15.9 Å². The Labute approximate surface area is 198 Å². The van der Waals surface area contributed by atoms with E-state index in [1.54, 1.807) is 45.0 Å². The second-order valence-electron chi connectivity index (χ2n) is 9.42. The number of carbonyl (C=O) groups is 3. The fourth-order valence-corrected chi connectivity index (χ4v) is 3.44. The van der Waals surface area contributed by atoms with Crippen LogP contribution in [0.15, 0.2) is 42.5 Å². The SMILES string of the molecule is COC(=O)c1ccc(CBr)c(N(C(=O)OC(C)(C)C)C(=O)c2ccc(C(C)(C)C)cc2)c1. The smallest absolute Gasteiger partial charge is 0.422 e. The molecule has 0 spiro atoms. The highest BCUT2D eigenvalue weighted by Crippen LogP contribution is 2.29. The van der Waals surface area contributed by atoms with Gasteiger partial charge in [-0.1, -0.05) is 54.9 Å². The van der Waals surface area contributed by atoms with Gasteiger partial charge >= 0.3 is 12.1 Å². The van der Waals surface area contributed by atoms with E-state index >= 15 is 0 Å². The summed E-state index contributed by atoms with van der Waals surface area (Å²) in [4.78, 5) is 39.8. The van der Waals surface area contributed by atoms with Crippen molar-refractivity contribution >= 4 is 39.6 Å². The quantitative estimate of drug-likeness (QED) is 0.364. The summed E-state index contributed by atoms with van der Waals surface area (Å²) in [6.07, 6.45) is -0.827. The van der Waals surface area contributed by atoms with Crippen LogP contribution in [0.4, 0.5) is 10.5 Å². The van der Waals surface area contributed by atoms with Crippen LogP contribution < -0.4 is 4.90 Å². The molecule has 7 heteroatoms. The Hall–Kier alpha value is -2.67. The van der Waals surface area contributed by atoms with Crippen molar-refractivity contribution in [2.75, 3.05) is 12.0 Å². The lowest BCUT2D eigenvalue weighted by molar-refractivity contribution is 0.0557. The first-order chi connectivity index (χ1) is 14.8. The van der Waals surface area contributed by atoms with Crippen LogP contribution in [0.25, 0.3) is 0 Å². The zero-order valence-corrected chi connectivity index (χ0v) is 21.2. The lowest BCUT2D eigenvalue weighted by atomic mass is 9.86. The van der Waals surface area contributed by atoms with Gasteiger partial charge < -0.3 is 9.47 Å². The second kappa shape index (κ2) is 9.86. The molecule has 0 aliphatic carbocycles. The number of ether oxygens (including phenoxy) is 2. The number of halogens is 1. The van der Waals surface area contributed by atoms with Crippen LogP contribution in [0.3, 0.4) is 0 Å². The van der Waals surface area contributed by atoms with Crippen LogP contribution in [-0.4, -0.2) is 30.7 Å². The average molecular weight is 504 g/mol. The summed E-state index contributed by atoms with van der Waals surface area (Å²) in [7, 11) is 1.27. The van der Waals surface area contributed by atoms with Gasteiger partial charge in [0.05, 0.1) is 18.4 Å². The molecule has 0 fully saturated rings. The van der Waals surface area contributed by atoms with Gasteiger partial charge in [-0.25, -0.2) is 14.5 Å². The molecule has 0 aliphatic heterocycles. The molecule has 0 heterocycles. The second-order valence-corrected chi connectivity index (χ2v) is 9.98. The number of benzene rings is 2. The van der Waals surface area contributed by atoms with Gasteiger partial charge in [-0.2, -0.15) is 0 Å². The number of carbonyl (C=O) groups excluding carboxylic acids is 3. The summed E-state index contributed by atoms with van der Waals surface area (Å²) < 4.78 is 10.3. The number of nitrogens with zero attached hydrogens (tertiary/aromatic N) is 1. The van der Waals surface area contributed by atoms with Crippen molar-refractivity contribution in [3.63, 3.8) is 0 Å². The van der Waals surface area contributed by atoms with Crippen molar-refractivity contribution in [3.8, 4) is 0 Å². The van der Waals surface area contributed by atoms with E-state index in [1.165, 1.54) is 13.2 Å². The van der Waals surface area contributed by atoms with E-state index in [2.05, 4.69) is 36.7 Å². The summed E-state index contributed by atoms with van der Waals surface area (Å²) in [5.74, 6) is -1.12. The summed E-state index contributed by atoms with van der Waals surface area (Å²) in [5.41, 5.74) is 1.60. The molecule has 2 amide bonds. The zero-order valence-electron chi connectivity index (χ0n) is 19.6. The molecule has 6 nitrogen and oxygen atoms in total. The number of rotatable bonds is 4. The molecule has 2 aromatic rings. The molecule has 0 atom stereocenters. The van der Waals surface area contributed by atoms with E-state index in [-0.39, 0.29) is 16.7 Å². The molecule has 0 N–H and O–H groups in total. The summed E-state index contributed by atoms with van der Waals surface area (Å²) in [6.45, 7) is 11.4. The fourth-order valence-electron chi connectivity index (χ4n) is 2.97. The minimum Gasteiger partial charge on any atom is -0.465 e. The minimum atomic E-state index is -0.827. The highest BCUT2D eigenvalue weighted by molar-refractivity contribution is 9.08. The molecule has 0 radical (unpaired) electrons. The van der Waals surface area contributed by atoms with Gasteiger partial charge in [0.1, 0.15) is 5.60 Å². The van der Waals surface area contributed by atoms with Crippen molar-refractivity contribution in [2.45, 2.75) is 57.9 Å². The summed E-state index contributed by atoms with van der Waals surface area (Å²) in [6, 6.07) is 11.9. The lowest BCUT2D eigenvalue weighted by Gasteiger charge is -2.28. The van der Waals surface area contributed by atoms with Crippen LogP contribution in [0, 0.1) is 0 Å². The molecule has 0 aliphatic rings. The van der Waals surface area contributed by atoms with Gasteiger partial charge in [0.25, 0.3) is 5.91 Å². The van der Waals surface area contributed by atoms with Gasteiger partial charge in [0, 0.05) is 10.9 Å². The number of imide groups is 1. The molecular formula is C25H30BrNO5. The van der Waals surface area contributed by atoms with Crippen LogP contribution in [0.2, 0.25) is 0 Å². The van der Waals surface area contributed by atoms with E-state index in [0.717, 1.165) is 10.5 Å². The molecule has 0 aromatic heterocycles. The molecule has 0 saturated carbocycles. The number of methoxy groups -OCH3 is 1.